The van der Waals surface area contributed by atoms with Crippen molar-refractivity contribution in [3.63, 3.8) is 0 Å². The molecule has 8 heteroatoms. The Kier molecular flexibility index (Phi) is 3.66. The van der Waals surface area contributed by atoms with Crippen LogP contribution in [0, 0.1) is 0 Å². The van der Waals surface area contributed by atoms with E-state index in [1.165, 1.54) is 0 Å². The van der Waals surface area contributed by atoms with Gasteiger partial charge in [-0.05, 0) is 18.9 Å². The fourth-order valence-electron chi connectivity index (χ4n) is 3.15. The van der Waals surface area contributed by atoms with Crippen molar-refractivity contribution in [1.82, 2.24) is 29.4 Å². The van der Waals surface area contributed by atoms with Crippen molar-refractivity contribution in [2.75, 3.05) is 25.1 Å². The van der Waals surface area contributed by atoms with Gasteiger partial charge in [0.1, 0.15) is 12.1 Å². The predicted octanol–water partition coefficient (Wildman–Crippen LogP) is 1.31. The van der Waals surface area contributed by atoms with Crippen LogP contribution < -0.4 is 4.90 Å². The van der Waals surface area contributed by atoms with Crippen LogP contribution in [0.5, 0.6) is 0 Å². The number of hydrogen-bond donors (Lipinski definition) is 0. The second-order valence-corrected chi connectivity index (χ2v) is 5.71. The lowest BCUT2D eigenvalue weighted by Crippen LogP contribution is -2.36. The Bertz CT molecular complexity index is 774. The summed E-state index contributed by atoms with van der Waals surface area (Å²) in [5.41, 5.74) is 0.872. The summed E-state index contributed by atoms with van der Waals surface area (Å²) in [7, 11) is 1.67. The molecule has 0 aliphatic carbocycles. The molecule has 0 N–H and O–H groups in total. The second kappa shape index (κ2) is 5.96. The summed E-state index contributed by atoms with van der Waals surface area (Å²) in [5.74, 6) is 1.64. The average Bonchev–Trinajstić information content (AvgIpc) is 3.26. The highest BCUT2D eigenvalue weighted by atomic mass is 16.5. The number of hydrogen-bond acceptors (Lipinski definition) is 6. The molecule has 0 atom stereocenters. The lowest BCUT2D eigenvalue weighted by Gasteiger charge is -2.33. The molecule has 0 radical (unpaired) electrons. The summed E-state index contributed by atoms with van der Waals surface area (Å²) in [6.07, 6.45) is 7.53. The maximum Gasteiger partial charge on any atom is 0.254 e. The van der Waals surface area contributed by atoms with E-state index in [-0.39, 0.29) is 0 Å². The van der Waals surface area contributed by atoms with E-state index >= 15 is 0 Å². The molecular weight excluding hydrogens is 294 g/mol. The number of piperidine rings is 1. The summed E-state index contributed by atoms with van der Waals surface area (Å²) >= 11 is 0. The molecule has 0 bridgehead atoms. The fraction of sp³-hybridized carbons (Fsp3) is 0.467. The maximum absolute atomic E-state index is 5.21. The first kappa shape index (κ1) is 14.1. The Labute approximate surface area is 133 Å². The quantitative estimate of drug-likeness (QED) is 0.723. The van der Waals surface area contributed by atoms with Crippen molar-refractivity contribution in [3.05, 3.63) is 36.5 Å². The van der Waals surface area contributed by atoms with E-state index in [0.717, 1.165) is 37.4 Å². The summed E-state index contributed by atoms with van der Waals surface area (Å²) < 4.78 is 9.07. The number of anilines is 1. The first-order valence-electron chi connectivity index (χ1n) is 7.78. The van der Waals surface area contributed by atoms with E-state index in [2.05, 4.69) is 29.7 Å². The molecule has 4 rings (SSSR count). The highest BCUT2D eigenvalue weighted by Gasteiger charge is 2.23. The Morgan fingerprint density at radius 1 is 1.26 bits per heavy atom. The molecule has 0 aromatic carbocycles. The van der Waals surface area contributed by atoms with E-state index in [9.17, 15) is 0 Å². The van der Waals surface area contributed by atoms with Gasteiger partial charge in [0.15, 0.2) is 0 Å². The third-order valence-electron chi connectivity index (χ3n) is 4.27. The largest absolute Gasteiger partial charge is 0.378 e. The number of methoxy groups -OCH3 is 1. The summed E-state index contributed by atoms with van der Waals surface area (Å²) in [5, 5.41) is 8.67. The van der Waals surface area contributed by atoms with Gasteiger partial charge in [-0.3, -0.25) is 4.68 Å². The van der Waals surface area contributed by atoms with Crippen molar-refractivity contribution in [2.45, 2.75) is 25.5 Å². The number of aromatic nitrogens is 6. The highest BCUT2D eigenvalue weighted by molar-refractivity contribution is 5.47. The van der Waals surface area contributed by atoms with Gasteiger partial charge in [-0.15, -0.1) is 0 Å². The minimum Gasteiger partial charge on any atom is -0.378 e. The topological polar surface area (TPSA) is 73.4 Å². The van der Waals surface area contributed by atoms with Crippen LogP contribution in [0.15, 0.2) is 30.9 Å². The molecule has 23 heavy (non-hydrogen) atoms. The fourth-order valence-corrected chi connectivity index (χ4v) is 3.15. The van der Waals surface area contributed by atoms with Crippen molar-refractivity contribution < 1.29 is 4.74 Å². The number of nitrogens with zero attached hydrogens (tertiary/aromatic N) is 7. The van der Waals surface area contributed by atoms with Crippen LogP contribution in [-0.4, -0.2) is 49.6 Å². The molecule has 3 aromatic rings. The third kappa shape index (κ3) is 2.65. The Balaban J connectivity index is 1.58. The van der Waals surface area contributed by atoms with E-state index in [4.69, 9.17) is 4.74 Å². The molecule has 1 saturated heterocycles. The molecular formula is C15H19N7O. The van der Waals surface area contributed by atoms with Crippen LogP contribution in [0.25, 0.3) is 5.78 Å². The molecule has 0 unspecified atom stereocenters. The minimum absolute atomic E-state index is 0.466. The molecule has 4 heterocycles. The van der Waals surface area contributed by atoms with Crippen LogP contribution in [0.3, 0.4) is 0 Å². The van der Waals surface area contributed by atoms with Gasteiger partial charge >= 0.3 is 0 Å². The Morgan fingerprint density at radius 2 is 2.13 bits per heavy atom. The molecule has 3 aromatic heterocycles. The number of rotatable bonds is 4. The molecule has 0 saturated carbocycles. The summed E-state index contributed by atoms with van der Waals surface area (Å²) in [4.78, 5) is 11.0. The number of fused-ring (bicyclic) bond motifs is 1. The van der Waals surface area contributed by atoms with Gasteiger partial charge in [0.25, 0.3) is 5.78 Å². The second-order valence-electron chi connectivity index (χ2n) is 5.71. The van der Waals surface area contributed by atoms with E-state index in [0.29, 0.717) is 18.4 Å². The molecule has 8 nitrogen and oxygen atoms in total. The van der Waals surface area contributed by atoms with Crippen LogP contribution in [0.4, 0.5) is 5.82 Å². The molecule has 0 spiro atoms. The highest BCUT2D eigenvalue weighted by Crippen LogP contribution is 2.26. The van der Waals surface area contributed by atoms with Crippen molar-refractivity contribution in [3.8, 4) is 0 Å². The molecule has 1 aliphatic rings. The maximum atomic E-state index is 5.21. The lowest BCUT2D eigenvalue weighted by molar-refractivity contribution is 0.181. The van der Waals surface area contributed by atoms with E-state index in [1.54, 1.807) is 18.0 Å². The molecule has 1 fully saturated rings. The van der Waals surface area contributed by atoms with Crippen molar-refractivity contribution >= 4 is 11.6 Å². The average molecular weight is 313 g/mol. The van der Waals surface area contributed by atoms with Gasteiger partial charge < -0.3 is 9.64 Å². The van der Waals surface area contributed by atoms with Gasteiger partial charge in [-0.25, -0.2) is 4.98 Å². The van der Waals surface area contributed by atoms with Crippen LogP contribution in [0.1, 0.15) is 24.6 Å². The van der Waals surface area contributed by atoms with Gasteiger partial charge in [0, 0.05) is 38.7 Å². The molecule has 0 amide bonds. The van der Waals surface area contributed by atoms with Crippen LogP contribution in [-0.2, 0) is 11.3 Å². The van der Waals surface area contributed by atoms with Crippen LogP contribution in [0.2, 0.25) is 0 Å². The first-order chi connectivity index (χ1) is 11.3. The van der Waals surface area contributed by atoms with Gasteiger partial charge in [-0.2, -0.15) is 19.7 Å². The van der Waals surface area contributed by atoms with Crippen molar-refractivity contribution in [2.24, 2.45) is 0 Å². The standard InChI is InChI=1S/C15H19N7O/c1-23-10-12-9-14(22-15(19-12)16-11-18-22)20-7-3-13(4-8-20)21-6-2-5-17-21/h2,5-6,9,11,13H,3-4,7-8,10H2,1H3. The zero-order valence-electron chi connectivity index (χ0n) is 13.0. The normalized spacial score (nSPS) is 16.3. The Morgan fingerprint density at radius 3 is 2.87 bits per heavy atom. The predicted molar refractivity (Wildman–Crippen MR) is 84.2 cm³/mol. The molecule has 1 aliphatic heterocycles. The zero-order valence-corrected chi connectivity index (χ0v) is 13.0. The molecule has 120 valence electrons. The van der Waals surface area contributed by atoms with Crippen molar-refractivity contribution in [1.29, 1.82) is 0 Å². The first-order valence-corrected chi connectivity index (χ1v) is 7.78. The summed E-state index contributed by atoms with van der Waals surface area (Å²) in [6, 6.07) is 4.48. The van der Waals surface area contributed by atoms with Gasteiger partial charge in [0.2, 0.25) is 0 Å². The zero-order chi connectivity index (χ0) is 15.6. The van der Waals surface area contributed by atoms with Gasteiger partial charge in [-0.1, -0.05) is 0 Å². The van der Waals surface area contributed by atoms with Gasteiger partial charge in [0.05, 0.1) is 18.3 Å². The monoisotopic (exact) mass is 313 g/mol. The Hall–Kier alpha value is -2.48. The SMILES string of the molecule is COCc1cc(N2CCC(n3cccn3)CC2)n2ncnc2n1. The van der Waals surface area contributed by atoms with E-state index < -0.39 is 0 Å². The smallest absolute Gasteiger partial charge is 0.254 e. The number of ether oxygens (including phenoxy) is 1. The van der Waals surface area contributed by atoms with Crippen LogP contribution >= 0.6 is 0 Å². The van der Waals surface area contributed by atoms with E-state index in [1.807, 2.05) is 24.5 Å². The summed E-state index contributed by atoms with van der Waals surface area (Å²) in [6.45, 7) is 2.38. The third-order valence-corrected chi connectivity index (χ3v) is 4.27. The minimum atomic E-state index is 0.466. The lowest BCUT2D eigenvalue weighted by atomic mass is 10.1.